The van der Waals surface area contributed by atoms with Crippen LogP contribution in [0.1, 0.15) is 26.7 Å². The summed E-state index contributed by atoms with van der Waals surface area (Å²) in [5.74, 6) is -0.494. The third-order valence-corrected chi connectivity index (χ3v) is 4.61. The summed E-state index contributed by atoms with van der Waals surface area (Å²) < 4.78 is 10.5. The molecular formula is C15H27N3O5. The molecule has 1 unspecified atom stereocenters. The summed E-state index contributed by atoms with van der Waals surface area (Å²) in [4.78, 5) is 26.9. The lowest BCUT2D eigenvalue weighted by Gasteiger charge is -2.44. The van der Waals surface area contributed by atoms with Gasteiger partial charge in [-0.1, -0.05) is 0 Å². The van der Waals surface area contributed by atoms with Crippen molar-refractivity contribution in [3.63, 3.8) is 0 Å². The molecule has 0 aromatic rings. The molecule has 2 heterocycles. The van der Waals surface area contributed by atoms with Crippen LogP contribution in [0.2, 0.25) is 0 Å². The minimum Gasteiger partial charge on any atom is -0.450 e. The Bertz CT molecular complexity index is 450. The molecule has 1 atom stereocenters. The van der Waals surface area contributed by atoms with Gasteiger partial charge in [-0.15, -0.1) is 0 Å². The van der Waals surface area contributed by atoms with Crippen molar-refractivity contribution in [1.29, 1.82) is 0 Å². The highest BCUT2D eigenvalue weighted by atomic mass is 16.6. The maximum Gasteiger partial charge on any atom is 0.409 e. The van der Waals surface area contributed by atoms with Gasteiger partial charge in [-0.2, -0.15) is 0 Å². The first kappa shape index (κ1) is 18.0. The van der Waals surface area contributed by atoms with Crippen molar-refractivity contribution < 1.29 is 24.2 Å². The summed E-state index contributed by atoms with van der Waals surface area (Å²) in [6.07, 6.45) is 0.634. The molecule has 0 saturated carbocycles. The fourth-order valence-electron chi connectivity index (χ4n) is 3.13. The molecular weight excluding hydrogens is 302 g/mol. The van der Waals surface area contributed by atoms with Crippen molar-refractivity contribution in [1.82, 2.24) is 9.80 Å². The molecule has 8 nitrogen and oxygen atoms in total. The van der Waals surface area contributed by atoms with Crippen LogP contribution in [-0.2, 0) is 14.3 Å². The molecule has 0 aromatic carbocycles. The Morgan fingerprint density at radius 1 is 1.30 bits per heavy atom. The van der Waals surface area contributed by atoms with Gasteiger partial charge in [0.25, 0.3) is 5.91 Å². The number of carbonyl (C=O) groups is 2. The predicted molar refractivity (Wildman–Crippen MR) is 82.8 cm³/mol. The Balaban J connectivity index is 1.88. The third kappa shape index (κ3) is 4.33. The summed E-state index contributed by atoms with van der Waals surface area (Å²) in [5.41, 5.74) is 3.51. The number of carbonyl (C=O) groups excluding carboxylic acids is 2. The average molecular weight is 329 g/mol. The Morgan fingerprint density at radius 3 is 2.52 bits per heavy atom. The van der Waals surface area contributed by atoms with Crippen molar-refractivity contribution in [2.24, 2.45) is 5.73 Å². The normalized spacial score (nSPS) is 28.4. The molecule has 2 fully saturated rings. The van der Waals surface area contributed by atoms with E-state index < -0.39 is 17.1 Å². The predicted octanol–water partition coefficient (Wildman–Crippen LogP) is -0.454. The highest BCUT2D eigenvalue weighted by molar-refractivity contribution is 5.83. The van der Waals surface area contributed by atoms with Crippen LogP contribution in [0, 0.1) is 0 Å². The smallest absolute Gasteiger partial charge is 0.409 e. The molecule has 0 bridgehead atoms. The van der Waals surface area contributed by atoms with Crippen molar-refractivity contribution >= 4 is 12.0 Å². The minimum atomic E-state index is -1.01. The van der Waals surface area contributed by atoms with E-state index in [1.165, 1.54) is 0 Å². The Kier molecular flexibility index (Phi) is 5.49. The van der Waals surface area contributed by atoms with Crippen LogP contribution in [0.5, 0.6) is 0 Å². The number of hydrogen-bond donors (Lipinski definition) is 2. The number of rotatable bonds is 4. The van der Waals surface area contributed by atoms with Crippen LogP contribution in [-0.4, -0.2) is 84.0 Å². The Hall–Kier alpha value is -1.38. The number of nitrogens with two attached hydrogens (primary N) is 1. The molecule has 2 aliphatic rings. The maximum absolute atomic E-state index is 11.7. The van der Waals surface area contributed by atoms with Crippen molar-refractivity contribution in [2.75, 3.05) is 45.9 Å². The minimum absolute atomic E-state index is 0.331. The summed E-state index contributed by atoms with van der Waals surface area (Å²) in [6.45, 7) is 6.58. The molecule has 8 heteroatoms. The number of morpholine rings is 1. The number of amides is 2. The van der Waals surface area contributed by atoms with E-state index >= 15 is 0 Å². The lowest BCUT2D eigenvalue weighted by molar-refractivity contribution is -0.157. The largest absolute Gasteiger partial charge is 0.450 e. The van der Waals surface area contributed by atoms with Crippen molar-refractivity contribution in [3.05, 3.63) is 0 Å². The number of ether oxygens (including phenoxy) is 2. The number of primary amides is 1. The Morgan fingerprint density at radius 2 is 1.96 bits per heavy atom. The number of nitrogens with zero attached hydrogens (tertiary/aromatic N) is 2. The zero-order valence-electron chi connectivity index (χ0n) is 13.9. The highest BCUT2D eigenvalue weighted by Crippen LogP contribution is 2.26. The summed E-state index contributed by atoms with van der Waals surface area (Å²) >= 11 is 0. The molecule has 3 N–H and O–H groups in total. The molecule has 23 heavy (non-hydrogen) atoms. The monoisotopic (exact) mass is 329 g/mol. The van der Waals surface area contributed by atoms with Crippen LogP contribution in [0.3, 0.4) is 0 Å². The second-order valence-electron chi connectivity index (χ2n) is 6.56. The van der Waals surface area contributed by atoms with Crippen LogP contribution in [0.25, 0.3) is 0 Å². The lowest BCUT2D eigenvalue weighted by atomic mass is 9.90. The van der Waals surface area contributed by atoms with Crippen LogP contribution >= 0.6 is 0 Å². The van der Waals surface area contributed by atoms with Gasteiger partial charge in [-0.25, -0.2) is 4.79 Å². The number of β-amino-alcohol motifs (C(OH)–C–C–N with tert-alkyl or cyclic N) is 1. The van der Waals surface area contributed by atoms with Crippen molar-refractivity contribution in [2.45, 2.75) is 37.9 Å². The van der Waals surface area contributed by atoms with Gasteiger partial charge in [0.05, 0.1) is 18.8 Å². The van der Waals surface area contributed by atoms with E-state index in [0.29, 0.717) is 58.8 Å². The molecule has 0 aromatic heterocycles. The SMILES string of the molecule is CCOC(=O)N1CCC(O)(CN2CCOC(C)(C(N)=O)C2)CC1. The van der Waals surface area contributed by atoms with Crippen LogP contribution < -0.4 is 5.73 Å². The van der Waals surface area contributed by atoms with Gasteiger partial charge in [0.1, 0.15) is 0 Å². The second-order valence-corrected chi connectivity index (χ2v) is 6.56. The van der Waals surface area contributed by atoms with E-state index in [-0.39, 0.29) is 6.09 Å². The molecule has 0 radical (unpaired) electrons. The van der Waals surface area contributed by atoms with Gasteiger partial charge in [0.2, 0.25) is 0 Å². The van der Waals surface area contributed by atoms with Crippen LogP contribution in [0.4, 0.5) is 4.79 Å². The van der Waals surface area contributed by atoms with Crippen molar-refractivity contribution in [3.8, 4) is 0 Å². The quantitative estimate of drug-likeness (QED) is 0.723. The van der Waals surface area contributed by atoms with E-state index in [2.05, 4.69) is 0 Å². The first-order valence-electron chi connectivity index (χ1n) is 8.08. The molecule has 0 spiro atoms. The molecule has 2 amide bonds. The molecule has 132 valence electrons. The third-order valence-electron chi connectivity index (χ3n) is 4.61. The van der Waals surface area contributed by atoms with E-state index in [1.807, 2.05) is 4.90 Å². The zero-order chi connectivity index (χ0) is 17.1. The van der Waals surface area contributed by atoms with Gasteiger partial charge in [-0.3, -0.25) is 9.69 Å². The Labute approximate surface area is 136 Å². The molecule has 0 aliphatic carbocycles. The zero-order valence-corrected chi connectivity index (χ0v) is 13.9. The maximum atomic E-state index is 11.7. The van der Waals surface area contributed by atoms with Gasteiger partial charge in [0.15, 0.2) is 5.60 Å². The van der Waals surface area contributed by atoms with E-state index in [4.69, 9.17) is 15.2 Å². The first-order valence-corrected chi connectivity index (χ1v) is 8.08. The van der Waals surface area contributed by atoms with Gasteiger partial charge < -0.3 is 25.2 Å². The summed E-state index contributed by atoms with van der Waals surface area (Å²) in [5, 5.41) is 10.8. The summed E-state index contributed by atoms with van der Waals surface area (Å²) in [7, 11) is 0. The number of hydrogen-bond acceptors (Lipinski definition) is 6. The summed E-state index contributed by atoms with van der Waals surface area (Å²) in [6, 6.07) is 0. The molecule has 2 aliphatic heterocycles. The fraction of sp³-hybridized carbons (Fsp3) is 0.867. The number of aliphatic hydroxyl groups is 1. The van der Waals surface area contributed by atoms with Gasteiger partial charge in [-0.05, 0) is 26.7 Å². The standard InChI is InChI=1S/C15H27N3O5/c1-3-22-13(20)18-6-4-15(21,5-7-18)11-17-8-9-23-14(2,10-17)12(16)19/h21H,3-11H2,1-2H3,(H2,16,19). The number of likely N-dealkylation sites (tertiary alicyclic amines) is 1. The molecule has 2 saturated heterocycles. The molecule has 2 rings (SSSR count). The van der Waals surface area contributed by atoms with E-state index in [9.17, 15) is 14.7 Å². The highest BCUT2D eigenvalue weighted by Gasteiger charge is 2.41. The second kappa shape index (κ2) is 7.02. The first-order chi connectivity index (χ1) is 10.8. The fourth-order valence-corrected chi connectivity index (χ4v) is 3.13. The van der Waals surface area contributed by atoms with Gasteiger partial charge in [0, 0.05) is 32.7 Å². The van der Waals surface area contributed by atoms with E-state index in [0.717, 1.165) is 0 Å². The van der Waals surface area contributed by atoms with E-state index in [1.54, 1.807) is 18.7 Å². The lowest BCUT2D eigenvalue weighted by Crippen LogP contribution is -2.60. The average Bonchev–Trinajstić information content (AvgIpc) is 2.47. The number of piperidine rings is 1. The topological polar surface area (TPSA) is 105 Å². The van der Waals surface area contributed by atoms with Crippen LogP contribution in [0.15, 0.2) is 0 Å². The van der Waals surface area contributed by atoms with Gasteiger partial charge >= 0.3 is 6.09 Å².